The van der Waals surface area contributed by atoms with Gasteiger partial charge in [-0.05, 0) is 67.7 Å². The molecule has 20 heteroatoms. The Bertz CT molecular complexity index is 1340. The van der Waals surface area contributed by atoms with Crippen molar-refractivity contribution in [1.82, 2.24) is 15.0 Å². The van der Waals surface area contributed by atoms with Gasteiger partial charge in [0.25, 0.3) is 0 Å². The maximum absolute atomic E-state index is 11.4. The first-order chi connectivity index (χ1) is 18.7. The largest absolute Gasteiger partial charge is 0.489 e. The first kappa shape index (κ1) is 35.8. The molecule has 2 aliphatic rings. The standard InChI is InChI=1S/C20H33N4O3.C2F6NO4S2/c1-18(2,3)23-12-11-22(21-23)16-13-17(15-25-14-16)26-27-24-19(4,5)9-8-10-20(24,6)7;3-1(4,5)14(10,11)9-15(12,13)2(6,7)8/h11-14H,8-10,15H2,1-7H3;/q+1;-1. The van der Waals surface area contributed by atoms with E-state index in [2.05, 4.69) is 53.7 Å². The summed E-state index contributed by atoms with van der Waals surface area (Å²) in [6, 6.07) is 0. The van der Waals surface area contributed by atoms with Crippen LogP contribution in [0.15, 0.2) is 30.5 Å². The minimum atomic E-state index is -6.72. The summed E-state index contributed by atoms with van der Waals surface area (Å²) in [7, 11) is -13.4. The Kier molecular flexibility index (Phi) is 10.2. The predicted molar refractivity (Wildman–Crippen MR) is 135 cm³/mol. The third-order valence-electron chi connectivity index (χ3n) is 5.91. The Balaban J connectivity index is 0.000000351. The summed E-state index contributed by atoms with van der Waals surface area (Å²) < 4.78 is 118. The van der Waals surface area contributed by atoms with Crippen LogP contribution >= 0.6 is 0 Å². The number of aromatic nitrogens is 3. The molecule has 1 saturated heterocycles. The fraction of sp³-hybridized carbons (Fsp3) is 0.727. The van der Waals surface area contributed by atoms with Crippen molar-refractivity contribution in [2.24, 2.45) is 0 Å². The van der Waals surface area contributed by atoms with Gasteiger partial charge in [0, 0.05) is 17.2 Å². The molecule has 0 amide bonds. The van der Waals surface area contributed by atoms with Crippen LogP contribution in [0.25, 0.3) is 9.82 Å². The Hall–Kier alpha value is -2.42. The summed E-state index contributed by atoms with van der Waals surface area (Å²) in [5.74, 6) is 0.613. The number of piperidine rings is 1. The van der Waals surface area contributed by atoms with Gasteiger partial charge in [-0.15, -0.1) is 9.75 Å². The molecule has 0 unspecified atom stereocenters. The molecule has 2 aliphatic heterocycles. The highest BCUT2D eigenvalue weighted by Gasteiger charge is 2.47. The maximum Gasteiger partial charge on any atom is 0.480 e. The van der Waals surface area contributed by atoms with Gasteiger partial charge in [0.05, 0.1) is 5.21 Å². The van der Waals surface area contributed by atoms with E-state index in [1.165, 1.54) is 6.42 Å². The molecule has 0 aliphatic carbocycles. The molecule has 12 nitrogen and oxygen atoms in total. The first-order valence-corrected chi connectivity index (χ1v) is 15.1. The normalized spacial score (nSPS) is 20.0. The van der Waals surface area contributed by atoms with Crippen LogP contribution < -0.4 is 4.68 Å². The summed E-state index contributed by atoms with van der Waals surface area (Å²) in [4.78, 5) is 11.5. The van der Waals surface area contributed by atoms with Crippen LogP contribution in [0.3, 0.4) is 0 Å². The van der Waals surface area contributed by atoms with E-state index >= 15 is 0 Å². The van der Waals surface area contributed by atoms with Crippen LogP contribution in [-0.2, 0) is 40.2 Å². The molecule has 0 atom stereocenters. The van der Waals surface area contributed by atoms with Gasteiger partial charge in [-0.2, -0.15) is 26.3 Å². The lowest BCUT2D eigenvalue weighted by molar-refractivity contribution is -0.806. The molecule has 3 rings (SSSR count). The van der Waals surface area contributed by atoms with Gasteiger partial charge in [0.1, 0.15) is 18.4 Å². The molecule has 42 heavy (non-hydrogen) atoms. The Morgan fingerprint density at radius 2 is 1.45 bits per heavy atom. The van der Waals surface area contributed by atoms with Crippen molar-refractivity contribution in [2.45, 2.75) is 95.4 Å². The summed E-state index contributed by atoms with van der Waals surface area (Å²) in [5, 5.41) is 6.55. The number of allylic oxidation sites excluding steroid dienone is 2. The van der Waals surface area contributed by atoms with Crippen LogP contribution in [0, 0.1) is 0 Å². The van der Waals surface area contributed by atoms with Crippen molar-refractivity contribution in [3.63, 3.8) is 0 Å². The summed E-state index contributed by atoms with van der Waals surface area (Å²) in [5.41, 5.74) is -11.9. The second-order valence-corrected chi connectivity index (χ2v) is 15.0. The van der Waals surface area contributed by atoms with Crippen LogP contribution in [0.2, 0.25) is 0 Å². The molecule has 0 radical (unpaired) electrons. The van der Waals surface area contributed by atoms with Crippen molar-refractivity contribution < 1.29 is 62.5 Å². The highest BCUT2D eigenvalue weighted by atomic mass is 32.3. The molecule has 1 aromatic rings. The van der Waals surface area contributed by atoms with Crippen LogP contribution in [0.4, 0.5) is 26.3 Å². The Labute approximate surface area is 239 Å². The molecular weight excluding hydrogens is 624 g/mol. The highest BCUT2D eigenvalue weighted by molar-refractivity contribution is 8.13. The maximum atomic E-state index is 11.4. The smallest absolute Gasteiger partial charge is 0.480 e. The molecule has 1 aromatic heterocycles. The zero-order chi connectivity index (χ0) is 32.6. The number of sulfonamides is 2. The lowest BCUT2D eigenvalue weighted by Crippen LogP contribution is -2.58. The molecule has 0 spiro atoms. The monoisotopic (exact) mass is 657 g/mol. The number of hydroxylamine groups is 2. The van der Waals surface area contributed by atoms with Gasteiger partial charge in [-0.3, -0.25) is 0 Å². The Morgan fingerprint density at radius 1 is 0.952 bits per heavy atom. The van der Waals surface area contributed by atoms with E-state index in [0.29, 0.717) is 12.4 Å². The predicted octanol–water partition coefficient (Wildman–Crippen LogP) is 4.60. The van der Waals surface area contributed by atoms with Gasteiger partial charge in [-0.1, -0.05) is 9.67 Å². The van der Waals surface area contributed by atoms with Crippen molar-refractivity contribution in [2.75, 3.05) is 6.61 Å². The SMILES string of the molecule is CC1(C)CCCC(C)(C)N1OOC1=CC(n2cc[n+](C(C)(C)C)n2)=COC1.O=S(=O)([N-]S(=O)(=O)C(F)(F)F)C(F)(F)F. The molecule has 1 fully saturated rings. The lowest BCUT2D eigenvalue weighted by atomic mass is 9.82. The van der Waals surface area contributed by atoms with Crippen LogP contribution in [-0.4, -0.2) is 60.5 Å². The molecule has 0 aromatic carbocycles. The number of alkyl halides is 6. The van der Waals surface area contributed by atoms with Crippen LogP contribution in [0.1, 0.15) is 67.7 Å². The average Bonchev–Trinajstić information content (AvgIpc) is 3.27. The van der Waals surface area contributed by atoms with E-state index in [1.807, 2.05) is 28.2 Å². The first-order valence-electron chi connectivity index (χ1n) is 12.2. The van der Waals surface area contributed by atoms with E-state index in [1.54, 1.807) is 10.9 Å². The van der Waals surface area contributed by atoms with Crippen LogP contribution in [0.5, 0.6) is 0 Å². The molecule has 3 heterocycles. The molecule has 242 valence electrons. The third-order valence-corrected chi connectivity index (χ3v) is 8.65. The highest BCUT2D eigenvalue weighted by Crippen LogP contribution is 2.39. The molecule has 0 saturated carbocycles. The van der Waals surface area contributed by atoms with Crippen molar-refractivity contribution in [3.05, 3.63) is 34.6 Å². The summed E-state index contributed by atoms with van der Waals surface area (Å²) >= 11 is 0. The number of rotatable bonds is 6. The van der Waals surface area contributed by atoms with Gasteiger partial charge in [0.15, 0.2) is 43.9 Å². The van der Waals surface area contributed by atoms with E-state index in [-0.39, 0.29) is 16.6 Å². The summed E-state index contributed by atoms with van der Waals surface area (Å²) in [6.45, 7) is 15.4. The second-order valence-electron chi connectivity index (χ2n) is 11.6. The van der Waals surface area contributed by atoms with E-state index in [9.17, 15) is 43.2 Å². The Morgan fingerprint density at radius 3 is 1.88 bits per heavy atom. The van der Waals surface area contributed by atoms with Gasteiger partial charge in [-0.25, -0.2) is 16.8 Å². The number of nitrogens with zero attached hydrogens (tertiary/aromatic N) is 5. The lowest BCUT2D eigenvalue weighted by Gasteiger charge is -2.49. The summed E-state index contributed by atoms with van der Waals surface area (Å²) in [6.07, 6.45) is 10.7. The van der Waals surface area contributed by atoms with E-state index < -0.39 is 31.1 Å². The quantitative estimate of drug-likeness (QED) is 0.186. The van der Waals surface area contributed by atoms with Gasteiger partial charge >= 0.3 is 11.0 Å². The minimum Gasteiger partial charge on any atom is -0.489 e. The van der Waals surface area contributed by atoms with Gasteiger partial charge in [0.2, 0.25) is 0 Å². The average molecular weight is 658 g/mol. The fourth-order valence-corrected chi connectivity index (χ4v) is 5.59. The topological polar surface area (TPSA) is 135 Å². The van der Waals surface area contributed by atoms with Crippen molar-refractivity contribution >= 4 is 25.7 Å². The van der Waals surface area contributed by atoms with Crippen molar-refractivity contribution in [3.8, 4) is 0 Å². The zero-order valence-corrected chi connectivity index (χ0v) is 25.4. The number of halogens is 6. The van der Waals surface area contributed by atoms with E-state index in [0.717, 1.165) is 22.7 Å². The number of ether oxygens (including phenoxy) is 1. The fourth-order valence-electron chi connectivity index (χ4n) is 3.88. The van der Waals surface area contributed by atoms with E-state index in [4.69, 9.17) is 14.6 Å². The van der Waals surface area contributed by atoms with Crippen molar-refractivity contribution in [1.29, 1.82) is 0 Å². The molecule has 0 bridgehead atoms. The third kappa shape index (κ3) is 8.80. The second kappa shape index (κ2) is 11.9. The molecule has 0 N–H and O–H groups in total. The number of hydrogen-bond acceptors (Lipinski definition) is 9. The zero-order valence-electron chi connectivity index (χ0n) is 23.8. The molecular formula is C22H33F6N5O7S2. The number of hydrogen-bond donors (Lipinski definition) is 0. The van der Waals surface area contributed by atoms with Gasteiger partial charge < -0.3 is 13.8 Å². The minimum absolute atomic E-state index is 0.0844.